The highest BCUT2D eigenvalue weighted by Crippen LogP contribution is 2.20. The van der Waals surface area contributed by atoms with E-state index in [1.807, 2.05) is 18.2 Å². The van der Waals surface area contributed by atoms with E-state index >= 15 is 0 Å². The van der Waals surface area contributed by atoms with Crippen LogP contribution in [0.3, 0.4) is 0 Å². The van der Waals surface area contributed by atoms with Crippen molar-refractivity contribution >= 4 is 33.0 Å². The minimum absolute atomic E-state index is 0.121. The molecule has 1 N–H and O–H groups in total. The van der Waals surface area contributed by atoms with Crippen LogP contribution in [-0.4, -0.2) is 15.5 Å². The maximum Gasteiger partial charge on any atom is 0.276 e. The Balaban J connectivity index is 1.89. The van der Waals surface area contributed by atoms with Crippen LogP contribution in [-0.2, 0) is 0 Å². The Kier molecular flexibility index (Phi) is 3.23. The van der Waals surface area contributed by atoms with E-state index in [4.69, 9.17) is 0 Å². The van der Waals surface area contributed by atoms with Gasteiger partial charge in [0, 0.05) is 10.7 Å². The lowest BCUT2D eigenvalue weighted by Crippen LogP contribution is -2.13. The minimum atomic E-state index is -0.503. The molecular weight excluding hydrogens is 325 g/mol. The summed E-state index contributed by atoms with van der Waals surface area (Å²) >= 11 is 3.16. The third-order valence-corrected chi connectivity index (χ3v) is 3.28. The molecule has 6 heteroatoms. The van der Waals surface area contributed by atoms with Gasteiger partial charge < -0.3 is 5.32 Å². The van der Waals surface area contributed by atoms with Gasteiger partial charge >= 0.3 is 0 Å². The molecule has 20 heavy (non-hydrogen) atoms. The maximum absolute atomic E-state index is 13.7. The number of pyridine rings is 1. The van der Waals surface area contributed by atoms with E-state index in [2.05, 4.69) is 26.3 Å². The molecule has 2 aromatic heterocycles. The number of hydrogen-bond acceptors (Lipinski definition) is 2. The topological polar surface area (TPSA) is 46.4 Å². The summed E-state index contributed by atoms with van der Waals surface area (Å²) in [5, 5.41) is 6.63. The normalized spacial score (nSPS) is 10.7. The van der Waals surface area contributed by atoms with Crippen molar-refractivity contribution in [2.45, 2.75) is 0 Å². The summed E-state index contributed by atoms with van der Waals surface area (Å²) in [5.74, 6) is -0.952. The van der Waals surface area contributed by atoms with E-state index in [1.165, 1.54) is 12.1 Å². The van der Waals surface area contributed by atoms with Crippen LogP contribution in [0.2, 0.25) is 0 Å². The highest BCUT2D eigenvalue weighted by atomic mass is 79.9. The van der Waals surface area contributed by atoms with Gasteiger partial charge in [-0.05, 0) is 36.4 Å². The van der Waals surface area contributed by atoms with E-state index in [1.54, 1.807) is 22.8 Å². The molecule has 0 atom stereocenters. The molecule has 0 bridgehead atoms. The molecule has 0 radical (unpaired) electrons. The van der Waals surface area contributed by atoms with E-state index in [0.717, 1.165) is 5.52 Å². The Bertz CT molecular complexity index is 767. The van der Waals surface area contributed by atoms with Crippen LogP contribution in [0, 0.1) is 5.82 Å². The first-order valence-corrected chi connectivity index (χ1v) is 6.63. The molecule has 100 valence electrons. The van der Waals surface area contributed by atoms with Crippen molar-refractivity contribution < 1.29 is 9.18 Å². The zero-order valence-corrected chi connectivity index (χ0v) is 11.8. The number of carbonyl (C=O) groups excluding carboxylic acids is 1. The molecule has 3 rings (SSSR count). The van der Waals surface area contributed by atoms with Crippen molar-refractivity contribution in [1.82, 2.24) is 9.61 Å². The first-order chi connectivity index (χ1) is 9.63. The Morgan fingerprint density at radius 2 is 2.10 bits per heavy atom. The van der Waals surface area contributed by atoms with Crippen LogP contribution in [0.25, 0.3) is 5.52 Å². The number of anilines is 1. The number of carbonyl (C=O) groups is 1. The molecular formula is C14H9BrFN3O. The van der Waals surface area contributed by atoms with Crippen LogP contribution in [0.1, 0.15) is 10.5 Å². The number of aromatic nitrogens is 2. The lowest BCUT2D eigenvalue weighted by atomic mass is 10.3. The zero-order valence-electron chi connectivity index (χ0n) is 10.2. The summed E-state index contributed by atoms with van der Waals surface area (Å²) in [6.07, 6.45) is 1.74. The minimum Gasteiger partial charge on any atom is -0.318 e. The second kappa shape index (κ2) is 5.05. The molecule has 4 nitrogen and oxygen atoms in total. The second-order valence-electron chi connectivity index (χ2n) is 4.18. The Morgan fingerprint density at radius 3 is 2.85 bits per heavy atom. The number of nitrogens with zero attached hydrogens (tertiary/aromatic N) is 2. The smallest absolute Gasteiger partial charge is 0.276 e. The number of amides is 1. The van der Waals surface area contributed by atoms with Crippen molar-refractivity contribution in [3.8, 4) is 0 Å². The quantitative estimate of drug-likeness (QED) is 0.780. The summed E-state index contributed by atoms with van der Waals surface area (Å²) < 4.78 is 15.9. The van der Waals surface area contributed by atoms with Crippen LogP contribution in [0.4, 0.5) is 10.1 Å². The average molecular weight is 334 g/mol. The van der Waals surface area contributed by atoms with E-state index in [0.29, 0.717) is 4.47 Å². The fraction of sp³-hybridized carbons (Fsp3) is 0. The highest BCUT2D eigenvalue weighted by molar-refractivity contribution is 9.10. The molecule has 0 unspecified atom stereocenters. The average Bonchev–Trinajstić information content (AvgIpc) is 2.86. The fourth-order valence-corrected chi connectivity index (χ4v) is 2.16. The molecule has 0 spiro atoms. The molecule has 0 aliphatic carbocycles. The lowest BCUT2D eigenvalue weighted by Gasteiger charge is -2.04. The third-order valence-electron chi connectivity index (χ3n) is 2.78. The zero-order chi connectivity index (χ0) is 14.1. The summed E-state index contributed by atoms with van der Waals surface area (Å²) in [5.41, 5.74) is 1.16. The summed E-state index contributed by atoms with van der Waals surface area (Å²) in [6, 6.07) is 11.6. The largest absolute Gasteiger partial charge is 0.318 e. The van der Waals surface area contributed by atoms with Gasteiger partial charge in [-0.15, -0.1) is 0 Å². The number of benzene rings is 1. The number of rotatable bonds is 2. The molecule has 0 saturated carbocycles. The highest BCUT2D eigenvalue weighted by Gasteiger charge is 2.13. The van der Waals surface area contributed by atoms with Crippen molar-refractivity contribution in [1.29, 1.82) is 0 Å². The molecule has 0 aliphatic rings. The Labute approximate surface area is 122 Å². The van der Waals surface area contributed by atoms with Crippen molar-refractivity contribution in [2.75, 3.05) is 5.32 Å². The van der Waals surface area contributed by atoms with E-state index in [-0.39, 0.29) is 11.4 Å². The monoisotopic (exact) mass is 333 g/mol. The van der Waals surface area contributed by atoms with Crippen molar-refractivity contribution in [2.24, 2.45) is 0 Å². The first kappa shape index (κ1) is 12.8. The Morgan fingerprint density at radius 1 is 1.25 bits per heavy atom. The van der Waals surface area contributed by atoms with Gasteiger partial charge in [-0.2, -0.15) is 5.10 Å². The molecule has 2 heterocycles. The molecule has 0 saturated heterocycles. The lowest BCUT2D eigenvalue weighted by molar-refractivity contribution is 0.102. The van der Waals surface area contributed by atoms with Gasteiger partial charge in [0.1, 0.15) is 5.82 Å². The Hall–Kier alpha value is -2.21. The van der Waals surface area contributed by atoms with Crippen LogP contribution < -0.4 is 5.32 Å². The molecule has 1 aromatic carbocycles. The third kappa shape index (κ3) is 2.42. The fourth-order valence-electron chi connectivity index (χ4n) is 1.83. The van der Waals surface area contributed by atoms with Gasteiger partial charge in [-0.3, -0.25) is 4.79 Å². The first-order valence-electron chi connectivity index (χ1n) is 5.84. The van der Waals surface area contributed by atoms with Crippen LogP contribution >= 0.6 is 15.9 Å². The van der Waals surface area contributed by atoms with Gasteiger partial charge in [0.25, 0.3) is 5.91 Å². The van der Waals surface area contributed by atoms with Crippen LogP contribution in [0.15, 0.2) is 53.1 Å². The molecule has 3 aromatic rings. The van der Waals surface area contributed by atoms with Gasteiger partial charge in [-0.1, -0.05) is 22.0 Å². The van der Waals surface area contributed by atoms with Crippen LogP contribution in [0.5, 0.6) is 0 Å². The maximum atomic E-state index is 13.7. The number of hydrogen-bond donors (Lipinski definition) is 1. The van der Waals surface area contributed by atoms with Gasteiger partial charge in [-0.25, -0.2) is 8.91 Å². The van der Waals surface area contributed by atoms with Gasteiger partial charge in [0.2, 0.25) is 0 Å². The number of halogens is 2. The molecule has 1 amide bonds. The predicted molar refractivity (Wildman–Crippen MR) is 77.2 cm³/mol. The standard InChI is InChI=1S/C14H9BrFN3O/c15-9-4-5-12(11(16)7-9)17-14(20)13-8-10-3-1-2-6-19(10)18-13/h1-8H,(H,17,20). The number of fused-ring (bicyclic) bond motifs is 1. The number of nitrogens with one attached hydrogen (secondary N) is 1. The summed E-state index contributed by atoms with van der Waals surface area (Å²) in [7, 11) is 0. The summed E-state index contributed by atoms with van der Waals surface area (Å²) in [4.78, 5) is 12.1. The molecule has 0 aliphatic heterocycles. The van der Waals surface area contributed by atoms with Gasteiger partial charge in [0.05, 0.1) is 11.2 Å². The molecule has 0 fully saturated rings. The van der Waals surface area contributed by atoms with E-state index in [9.17, 15) is 9.18 Å². The predicted octanol–water partition coefficient (Wildman–Crippen LogP) is 3.49. The van der Waals surface area contributed by atoms with E-state index < -0.39 is 11.7 Å². The second-order valence-corrected chi connectivity index (χ2v) is 5.09. The van der Waals surface area contributed by atoms with Crippen molar-refractivity contribution in [3.05, 3.63) is 64.6 Å². The van der Waals surface area contributed by atoms with Crippen molar-refractivity contribution in [3.63, 3.8) is 0 Å². The van der Waals surface area contributed by atoms with Gasteiger partial charge in [0.15, 0.2) is 5.69 Å². The summed E-state index contributed by atoms with van der Waals surface area (Å²) in [6.45, 7) is 0. The SMILES string of the molecule is O=C(Nc1ccc(Br)cc1F)c1cc2ccccn2n1.